The minimum Gasteiger partial charge on any atom is -0.454 e. The molecule has 0 saturated carbocycles. The molecule has 0 aliphatic rings. The van der Waals surface area contributed by atoms with Gasteiger partial charge in [0.2, 0.25) is 0 Å². The number of carbonyl (C=O) groups excluding carboxylic acids is 1. The van der Waals surface area contributed by atoms with E-state index in [0.717, 1.165) is 21.4 Å². The molecule has 0 unspecified atom stereocenters. The zero-order valence-corrected chi connectivity index (χ0v) is 19.8. The van der Waals surface area contributed by atoms with Crippen molar-refractivity contribution in [1.82, 2.24) is 19.6 Å². The first-order valence-corrected chi connectivity index (χ1v) is 10.9. The van der Waals surface area contributed by atoms with Crippen LogP contribution in [0.4, 0.5) is 5.82 Å². The van der Waals surface area contributed by atoms with E-state index in [4.69, 9.17) is 27.6 Å². The molecule has 1 N–H and O–H groups in total. The number of anilines is 1. The van der Waals surface area contributed by atoms with Gasteiger partial charge in [-0.05, 0) is 53.5 Å². The van der Waals surface area contributed by atoms with Gasteiger partial charge in [0.05, 0.1) is 29.0 Å². The number of hydrogen-bond donors (Lipinski definition) is 1. The fraction of sp³-hybridized carbons (Fsp3) is 0.190. The maximum Gasteiger partial charge on any atom is 0.292 e. The first-order valence-electron chi connectivity index (χ1n) is 9.37. The van der Waals surface area contributed by atoms with Crippen LogP contribution in [0.15, 0.2) is 51.5 Å². The molecule has 7 nitrogen and oxygen atoms in total. The van der Waals surface area contributed by atoms with E-state index in [9.17, 15) is 4.79 Å². The quantitative estimate of drug-likeness (QED) is 0.352. The normalized spacial score (nSPS) is 11.1. The van der Waals surface area contributed by atoms with Gasteiger partial charge in [0.1, 0.15) is 10.8 Å². The molecular formula is C21H18BrCl2N5O2. The van der Waals surface area contributed by atoms with Crippen molar-refractivity contribution < 1.29 is 9.21 Å². The minimum absolute atomic E-state index is 0.160. The average Bonchev–Trinajstić information content (AvgIpc) is 3.40. The van der Waals surface area contributed by atoms with E-state index in [-0.39, 0.29) is 11.6 Å². The minimum atomic E-state index is -0.439. The Hall–Kier alpha value is -2.55. The van der Waals surface area contributed by atoms with Crippen molar-refractivity contribution in [2.75, 3.05) is 5.32 Å². The van der Waals surface area contributed by atoms with Gasteiger partial charge in [0.15, 0.2) is 11.6 Å². The third-order valence-electron chi connectivity index (χ3n) is 4.72. The Balaban J connectivity index is 1.45. The Bertz CT molecular complexity index is 1260. The summed E-state index contributed by atoms with van der Waals surface area (Å²) in [4.78, 5) is 12.6. The second kappa shape index (κ2) is 8.90. The van der Waals surface area contributed by atoms with Crippen LogP contribution < -0.4 is 5.32 Å². The first-order chi connectivity index (χ1) is 14.8. The number of nitrogens with zero attached hydrogens (tertiary/aromatic N) is 4. The summed E-state index contributed by atoms with van der Waals surface area (Å²) in [6.45, 7) is 4.72. The van der Waals surface area contributed by atoms with Crippen LogP contribution in [0, 0.1) is 13.8 Å². The number of aromatic nitrogens is 4. The number of furan rings is 1. The monoisotopic (exact) mass is 521 g/mol. The first kappa shape index (κ1) is 21.7. The highest BCUT2D eigenvalue weighted by Gasteiger charge is 2.17. The summed E-state index contributed by atoms with van der Waals surface area (Å²) < 4.78 is 10.1. The van der Waals surface area contributed by atoms with Crippen molar-refractivity contribution in [2.24, 2.45) is 0 Å². The summed E-state index contributed by atoms with van der Waals surface area (Å²) in [7, 11) is 0. The highest BCUT2D eigenvalue weighted by atomic mass is 79.9. The van der Waals surface area contributed by atoms with E-state index >= 15 is 0 Å². The number of amides is 1. The lowest BCUT2D eigenvalue weighted by molar-refractivity contribution is 0.0994. The number of halogens is 3. The van der Waals surface area contributed by atoms with Gasteiger partial charge in [-0.1, -0.05) is 41.4 Å². The Labute approximate surface area is 197 Å². The summed E-state index contributed by atoms with van der Waals surface area (Å²) in [5, 5.41) is 12.4. The molecule has 0 saturated heterocycles. The van der Waals surface area contributed by atoms with Crippen molar-refractivity contribution in [3.05, 3.63) is 85.6 Å². The van der Waals surface area contributed by atoms with Crippen molar-refractivity contribution in [3.63, 3.8) is 0 Å². The standard InChI is InChI=1S/C21H18BrCl2N5O2/c1-12-19(22)13(2)29(26-12)10-15-7-8-18(31-15)21(30)25-20-17(24)11-28(27-20)9-14-5-3-4-6-16(14)23/h3-8,11H,9-10H2,1-2H3,(H,25,27,30). The maximum absolute atomic E-state index is 12.6. The van der Waals surface area contributed by atoms with Crippen LogP contribution in [0.3, 0.4) is 0 Å². The molecule has 4 rings (SSSR count). The lowest BCUT2D eigenvalue weighted by atomic mass is 10.2. The van der Waals surface area contributed by atoms with E-state index < -0.39 is 5.91 Å². The summed E-state index contributed by atoms with van der Waals surface area (Å²) in [6, 6.07) is 10.8. The number of carbonyl (C=O) groups is 1. The average molecular weight is 523 g/mol. The molecular weight excluding hydrogens is 505 g/mol. The van der Waals surface area contributed by atoms with E-state index in [1.54, 1.807) is 23.0 Å². The molecule has 31 heavy (non-hydrogen) atoms. The number of rotatable bonds is 6. The van der Waals surface area contributed by atoms with Gasteiger partial charge in [0, 0.05) is 11.2 Å². The number of benzene rings is 1. The molecule has 10 heteroatoms. The van der Waals surface area contributed by atoms with Gasteiger partial charge in [0.25, 0.3) is 5.91 Å². The van der Waals surface area contributed by atoms with Crippen LogP contribution in [0.5, 0.6) is 0 Å². The van der Waals surface area contributed by atoms with Crippen molar-refractivity contribution in [3.8, 4) is 0 Å². The predicted molar refractivity (Wildman–Crippen MR) is 123 cm³/mol. The van der Waals surface area contributed by atoms with Crippen molar-refractivity contribution in [2.45, 2.75) is 26.9 Å². The molecule has 160 valence electrons. The molecule has 0 spiro atoms. The van der Waals surface area contributed by atoms with E-state index in [1.165, 1.54) is 0 Å². The molecule has 1 aromatic carbocycles. The molecule has 0 fully saturated rings. The van der Waals surface area contributed by atoms with Gasteiger partial charge >= 0.3 is 0 Å². The fourth-order valence-corrected chi connectivity index (χ4v) is 3.77. The molecule has 0 radical (unpaired) electrons. The Morgan fingerprint density at radius 3 is 2.58 bits per heavy atom. The highest BCUT2D eigenvalue weighted by molar-refractivity contribution is 9.10. The molecule has 0 atom stereocenters. The summed E-state index contributed by atoms with van der Waals surface area (Å²) in [5.74, 6) is 0.579. The summed E-state index contributed by atoms with van der Waals surface area (Å²) >= 11 is 16.0. The zero-order chi connectivity index (χ0) is 22.1. The largest absolute Gasteiger partial charge is 0.454 e. The lowest BCUT2D eigenvalue weighted by Crippen LogP contribution is -2.12. The van der Waals surface area contributed by atoms with Crippen molar-refractivity contribution >= 4 is 50.9 Å². The molecule has 4 aromatic rings. The second-order valence-electron chi connectivity index (χ2n) is 6.98. The van der Waals surface area contributed by atoms with Crippen LogP contribution in [0.1, 0.15) is 33.3 Å². The Kier molecular flexibility index (Phi) is 6.22. The van der Waals surface area contributed by atoms with Gasteiger partial charge in [-0.2, -0.15) is 10.2 Å². The van der Waals surface area contributed by atoms with E-state index in [2.05, 4.69) is 31.4 Å². The second-order valence-corrected chi connectivity index (χ2v) is 8.58. The third-order valence-corrected chi connectivity index (χ3v) is 6.52. The molecule has 3 aromatic heterocycles. The van der Waals surface area contributed by atoms with E-state index in [1.807, 2.05) is 42.8 Å². The third kappa shape index (κ3) is 4.71. The van der Waals surface area contributed by atoms with Crippen LogP contribution in [0.2, 0.25) is 10.0 Å². The van der Waals surface area contributed by atoms with Crippen LogP contribution in [0.25, 0.3) is 0 Å². The van der Waals surface area contributed by atoms with Gasteiger partial charge in [-0.3, -0.25) is 14.2 Å². The molecule has 0 aliphatic carbocycles. The topological polar surface area (TPSA) is 77.9 Å². The smallest absolute Gasteiger partial charge is 0.292 e. The summed E-state index contributed by atoms with van der Waals surface area (Å²) in [6.07, 6.45) is 1.63. The SMILES string of the molecule is Cc1nn(Cc2ccc(C(=O)Nc3nn(Cc4ccccc4Cl)cc3Cl)o2)c(C)c1Br. The summed E-state index contributed by atoms with van der Waals surface area (Å²) in [5.41, 5.74) is 2.77. The molecule has 0 aliphatic heterocycles. The molecule has 1 amide bonds. The van der Waals surface area contributed by atoms with Crippen molar-refractivity contribution in [1.29, 1.82) is 0 Å². The number of aryl methyl sites for hydroxylation is 1. The number of hydrogen-bond acceptors (Lipinski definition) is 4. The van der Waals surface area contributed by atoms with Gasteiger partial charge < -0.3 is 9.73 Å². The van der Waals surface area contributed by atoms with Crippen LogP contribution in [-0.2, 0) is 13.1 Å². The zero-order valence-electron chi connectivity index (χ0n) is 16.7. The molecule has 3 heterocycles. The maximum atomic E-state index is 12.6. The van der Waals surface area contributed by atoms with Gasteiger partial charge in [-0.15, -0.1) is 0 Å². The van der Waals surface area contributed by atoms with Crippen LogP contribution in [-0.4, -0.2) is 25.5 Å². The molecule has 0 bridgehead atoms. The van der Waals surface area contributed by atoms with Gasteiger partial charge in [-0.25, -0.2) is 0 Å². The van der Waals surface area contributed by atoms with Crippen LogP contribution >= 0.6 is 39.1 Å². The predicted octanol–water partition coefficient (Wildman–Crippen LogP) is 5.71. The highest BCUT2D eigenvalue weighted by Crippen LogP contribution is 2.24. The Morgan fingerprint density at radius 1 is 1.10 bits per heavy atom. The number of nitrogens with one attached hydrogen (secondary N) is 1. The Morgan fingerprint density at radius 2 is 1.87 bits per heavy atom. The van der Waals surface area contributed by atoms with E-state index in [0.29, 0.717) is 28.9 Å². The lowest BCUT2D eigenvalue weighted by Gasteiger charge is -2.04. The fourth-order valence-electron chi connectivity index (χ4n) is 3.09.